The van der Waals surface area contributed by atoms with Gasteiger partial charge >= 0.3 is 0 Å². The van der Waals surface area contributed by atoms with Gasteiger partial charge in [-0.15, -0.1) is 0 Å². The van der Waals surface area contributed by atoms with Gasteiger partial charge in [-0.05, 0) is 25.8 Å². The first-order valence-electron chi connectivity index (χ1n) is 5.20. The van der Waals surface area contributed by atoms with Crippen LogP contribution in [0.3, 0.4) is 0 Å². The Morgan fingerprint density at radius 1 is 1.42 bits per heavy atom. The number of likely N-dealkylation sites (N-methyl/N-ethyl adjacent to an activating group) is 1. The van der Waals surface area contributed by atoms with E-state index in [-0.39, 0.29) is 0 Å². The normalized spacial score (nSPS) is 30.0. The Labute approximate surface area is 76.1 Å². The van der Waals surface area contributed by atoms with Crippen LogP contribution in [0.5, 0.6) is 0 Å². The minimum atomic E-state index is 0.795. The van der Waals surface area contributed by atoms with Crippen molar-refractivity contribution >= 4 is 0 Å². The largest absolute Gasteiger partial charge is 0.329 e. The van der Waals surface area contributed by atoms with Crippen molar-refractivity contribution in [2.45, 2.75) is 38.6 Å². The van der Waals surface area contributed by atoms with Crippen LogP contribution in [0.1, 0.15) is 32.6 Å². The lowest BCUT2D eigenvalue weighted by atomic mass is 10.00. The molecule has 2 atom stereocenters. The highest BCUT2D eigenvalue weighted by atomic mass is 15.1. The van der Waals surface area contributed by atoms with Gasteiger partial charge in [-0.25, -0.2) is 0 Å². The van der Waals surface area contributed by atoms with Crippen LogP contribution in [-0.4, -0.2) is 31.1 Å². The van der Waals surface area contributed by atoms with Crippen LogP contribution in [0.4, 0.5) is 0 Å². The first-order chi connectivity index (χ1) is 5.79. The quantitative estimate of drug-likeness (QED) is 0.692. The van der Waals surface area contributed by atoms with E-state index >= 15 is 0 Å². The SMILES string of the molecule is CCC1CCCC1N(C)CCN. The molecular formula is C10H22N2. The van der Waals surface area contributed by atoms with Gasteiger partial charge in [0.15, 0.2) is 0 Å². The van der Waals surface area contributed by atoms with E-state index in [1.54, 1.807) is 0 Å². The van der Waals surface area contributed by atoms with E-state index in [0.717, 1.165) is 25.0 Å². The predicted molar refractivity (Wildman–Crippen MR) is 53.1 cm³/mol. The first-order valence-corrected chi connectivity index (χ1v) is 5.20. The van der Waals surface area contributed by atoms with Crippen molar-refractivity contribution in [3.05, 3.63) is 0 Å². The van der Waals surface area contributed by atoms with Crippen molar-refractivity contribution < 1.29 is 0 Å². The fraction of sp³-hybridized carbons (Fsp3) is 1.00. The maximum atomic E-state index is 5.54. The van der Waals surface area contributed by atoms with Gasteiger partial charge in [-0.1, -0.05) is 19.8 Å². The lowest BCUT2D eigenvalue weighted by Crippen LogP contribution is -2.37. The molecule has 12 heavy (non-hydrogen) atoms. The van der Waals surface area contributed by atoms with E-state index in [9.17, 15) is 0 Å². The second-order valence-electron chi connectivity index (χ2n) is 3.94. The first kappa shape index (κ1) is 10.0. The molecule has 0 aromatic heterocycles. The predicted octanol–water partition coefficient (Wildman–Crippen LogP) is 1.46. The summed E-state index contributed by atoms with van der Waals surface area (Å²) in [4.78, 5) is 2.45. The van der Waals surface area contributed by atoms with Gasteiger partial charge in [-0.2, -0.15) is 0 Å². The molecule has 1 aliphatic rings. The molecule has 2 N–H and O–H groups in total. The van der Waals surface area contributed by atoms with Crippen molar-refractivity contribution in [1.29, 1.82) is 0 Å². The van der Waals surface area contributed by atoms with E-state index in [4.69, 9.17) is 5.73 Å². The van der Waals surface area contributed by atoms with Crippen LogP contribution < -0.4 is 5.73 Å². The van der Waals surface area contributed by atoms with Crippen molar-refractivity contribution in [2.24, 2.45) is 11.7 Å². The lowest BCUT2D eigenvalue weighted by molar-refractivity contribution is 0.199. The standard InChI is InChI=1S/C10H22N2/c1-3-9-5-4-6-10(9)12(2)8-7-11/h9-10H,3-8,11H2,1-2H3. The second kappa shape index (κ2) is 4.83. The molecule has 0 heterocycles. The van der Waals surface area contributed by atoms with Crippen molar-refractivity contribution in [3.8, 4) is 0 Å². The molecule has 1 rings (SSSR count). The number of nitrogens with zero attached hydrogens (tertiary/aromatic N) is 1. The molecule has 2 unspecified atom stereocenters. The van der Waals surface area contributed by atoms with Crippen LogP contribution in [0.15, 0.2) is 0 Å². The van der Waals surface area contributed by atoms with Crippen LogP contribution in [0.2, 0.25) is 0 Å². The monoisotopic (exact) mass is 170 g/mol. The molecule has 0 amide bonds. The van der Waals surface area contributed by atoms with Gasteiger partial charge in [0.1, 0.15) is 0 Å². The molecule has 0 aliphatic heterocycles. The maximum Gasteiger partial charge on any atom is 0.0121 e. The van der Waals surface area contributed by atoms with E-state index in [1.807, 2.05) is 0 Å². The summed E-state index contributed by atoms with van der Waals surface area (Å²) >= 11 is 0. The zero-order valence-electron chi connectivity index (χ0n) is 8.42. The van der Waals surface area contributed by atoms with E-state index in [1.165, 1.54) is 25.7 Å². The zero-order valence-corrected chi connectivity index (χ0v) is 8.42. The molecule has 1 saturated carbocycles. The van der Waals surface area contributed by atoms with Crippen LogP contribution in [0.25, 0.3) is 0 Å². The molecule has 72 valence electrons. The van der Waals surface area contributed by atoms with E-state index in [2.05, 4.69) is 18.9 Å². The molecule has 2 nitrogen and oxygen atoms in total. The lowest BCUT2D eigenvalue weighted by Gasteiger charge is -2.28. The molecule has 0 radical (unpaired) electrons. The Kier molecular flexibility index (Phi) is 4.02. The highest BCUT2D eigenvalue weighted by Gasteiger charge is 2.28. The zero-order chi connectivity index (χ0) is 8.97. The molecule has 2 heteroatoms. The highest BCUT2D eigenvalue weighted by Crippen LogP contribution is 2.31. The van der Waals surface area contributed by atoms with Gasteiger partial charge in [-0.3, -0.25) is 0 Å². The summed E-state index contributed by atoms with van der Waals surface area (Å²) in [6, 6.07) is 0.818. The number of nitrogens with two attached hydrogens (primary N) is 1. The Balaban J connectivity index is 2.38. The molecule has 0 aromatic rings. The number of hydrogen-bond donors (Lipinski definition) is 1. The molecule has 1 fully saturated rings. The molecule has 0 spiro atoms. The summed E-state index contributed by atoms with van der Waals surface area (Å²) in [6.45, 7) is 4.16. The smallest absolute Gasteiger partial charge is 0.0121 e. The van der Waals surface area contributed by atoms with Gasteiger partial charge in [0.2, 0.25) is 0 Å². The van der Waals surface area contributed by atoms with Crippen molar-refractivity contribution in [1.82, 2.24) is 4.90 Å². The fourth-order valence-corrected chi connectivity index (χ4v) is 2.44. The third kappa shape index (κ3) is 2.20. The third-order valence-electron chi connectivity index (χ3n) is 3.19. The fourth-order valence-electron chi connectivity index (χ4n) is 2.44. The molecule has 1 aliphatic carbocycles. The van der Waals surface area contributed by atoms with Crippen molar-refractivity contribution in [2.75, 3.05) is 20.1 Å². The Hall–Kier alpha value is -0.0800. The summed E-state index contributed by atoms with van der Waals surface area (Å²) in [5, 5.41) is 0. The summed E-state index contributed by atoms with van der Waals surface area (Å²) < 4.78 is 0. The van der Waals surface area contributed by atoms with Crippen LogP contribution >= 0.6 is 0 Å². The van der Waals surface area contributed by atoms with E-state index < -0.39 is 0 Å². The second-order valence-corrected chi connectivity index (χ2v) is 3.94. The number of rotatable bonds is 4. The Morgan fingerprint density at radius 3 is 2.75 bits per heavy atom. The average molecular weight is 170 g/mol. The highest BCUT2D eigenvalue weighted by molar-refractivity contribution is 4.83. The molecule has 0 bridgehead atoms. The van der Waals surface area contributed by atoms with Gasteiger partial charge in [0.05, 0.1) is 0 Å². The maximum absolute atomic E-state index is 5.54. The minimum absolute atomic E-state index is 0.795. The van der Waals surface area contributed by atoms with Crippen molar-refractivity contribution in [3.63, 3.8) is 0 Å². The summed E-state index contributed by atoms with van der Waals surface area (Å²) in [5.74, 6) is 0.932. The Morgan fingerprint density at radius 2 is 2.17 bits per heavy atom. The molecule has 0 saturated heterocycles. The summed E-state index contributed by atoms with van der Waals surface area (Å²) in [6.07, 6.45) is 5.56. The average Bonchev–Trinajstić information content (AvgIpc) is 2.51. The van der Waals surface area contributed by atoms with Gasteiger partial charge in [0.25, 0.3) is 0 Å². The molecule has 0 aromatic carbocycles. The van der Waals surface area contributed by atoms with Crippen LogP contribution in [0, 0.1) is 5.92 Å². The number of hydrogen-bond acceptors (Lipinski definition) is 2. The topological polar surface area (TPSA) is 29.3 Å². The third-order valence-corrected chi connectivity index (χ3v) is 3.19. The summed E-state index contributed by atoms with van der Waals surface area (Å²) in [7, 11) is 2.21. The van der Waals surface area contributed by atoms with Gasteiger partial charge < -0.3 is 10.6 Å². The van der Waals surface area contributed by atoms with E-state index in [0.29, 0.717) is 0 Å². The molecular weight excluding hydrogens is 148 g/mol. The van der Waals surface area contributed by atoms with Gasteiger partial charge in [0, 0.05) is 19.1 Å². The summed E-state index contributed by atoms with van der Waals surface area (Å²) in [5.41, 5.74) is 5.54. The minimum Gasteiger partial charge on any atom is -0.329 e. The Bertz CT molecular complexity index is 125. The van der Waals surface area contributed by atoms with Crippen LogP contribution in [-0.2, 0) is 0 Å².